The Hall–Kier alpha value is -0.610. The highest BCUT2D eigenvalue weighted by atomic mass is 32.1. The molecule has 0 amide bonds. The molecule has 1 aliphatic heterocycles. The van der Waals surface area contributed by atoms with Crippen LogP contribution in [-0.2, 0) is 6.54 Å². The molecule has 1 fully saturated rings. The summed E-state index contributed by atoms with van der Waals surface area (Å²) in [4.78, 5) is 3.74. The second kappa shape index (κ2) is 3.41. The topological polar surface area (TPSA) is 42.1 Å². The molecule has 2 heterocycles. The number of aromatic nitrogens is 1. The summed E-state index contributed by atoms with van der Waals surface area (Å²) in [5.41, 5.74) is 5.53. The van der Waals surface area contributed by atoms with E-state index in [-0.39, 0.29) is 0 Å². The van der Waals surface area contributed by atoms with Gasteiger partial charge in [-0.15, -0.1) is 0 Å². The number of nitrogen functional groups attached to an aromatic ring is 1. The van der Waals surface area contributed by atoms with Crippen molar-refractivity contribution in [3.05, 3.63) is 10.9 Å². The van der Waals surface area contributed by atoms with Crippen LogP contribution in [0.4, 0.5) is 5.82 Å². The second-order valence-electron chi connectivity index (χ2n) is 3.20. The third-order valence-corrected chi connectivity index (χ3v) is 2.94. The van der Waals surface area contributed by atoms with Crippen LogP contribution in [0.3, 0.4) is 0 Å². The van der Waals surface area contributed by atoms with E-state index in [0.717, 1.165) is 6.54 Å². The minimum absolute atomic E-state index is 0.661. The van der Waals surface area contributed by atoms with E-state index in [1.807, 2.05) is 6.07 Å². The van der Waals surface area contributed by atoms with Crippen molar-refractivity contribution in [1.29, 1.82) is 0 Å². The van der Waals surface area contributed by atoms with Crippen LogP contribution in [-0.4, -0.2) is 22.4 Å². The number of anilines is 1. The SMILES string of the molecule is Nc1cc(CN2CCCC2)sn1. The highest BCUT2D eigenvalue weighted by molar-refractivity contribution is 7.06. The molecule has 1 saturated heterocycles. The van der Waals surface area contributed by atoms with Gasteiger partial charge in [-0.2, -0.15) is 4.37 Å². The zero-order valence-electron chi connectivity index (χ0n) is 6.99. The Labute approximate surface area is 76.4 Å². The Morgan fingerprint density at radius 2 is 2.25 bits per heavy atom. The van der Waals surface area contributed by atoms with Crippen LogP contribution >= 0.6 is 11.5 Å². The summed E-state index contributed by atoms with van der Waals surface area (Å²) in [5, 5.41) is 0. The lowest BCUT2D eigenvalue weighted by molar-refractivity contribution is 0.334. The summed E-state index contributed by atoms with van der Waals surface area (Å²) in [7, 11) is 0. The summed E-state index contributed by atoms with van der Waals surface area (Å²) in [6.07, 6.45) is 2.68. The van der Waals surface area contributed by atoms with Crippen molar-refractivity contribution in [2.75, 3.05) is 18.8 Å². The number of hydrogen-bond acceptors (Lipinski definition) is 4. The quantitative estimate of drug-likeness (QED) is 0.752. The Balaban J connectivity index is 1.94. The monoisotopic (exact) mass is 183 g/mol. The smallest absolute Gasteiger partial charge is 0.137 e. The zero-order chi connectivity index (χ0) is 8.39. The first-order chi connectivity index (χ1) is 5.84. The van der Waals surface area contributed by atoms with Gasteiger partial charge in [-0.05, 0) is 43.5 Å². The zero-order valence-corrected chi connectivity index (χ0v) is 7.81. The van der Waals surface area contributed by atoms with Gasteiger partial charge in [0.25, 0.3) is 0 Å². The molecule has 66 valence electrons. The molecule has 2 rings (SSSR count). The summed E-state index contributed by atoms with van der Waals surface area (Å²) < 4.78 is 4.05. The molecule has 2 N–H and O–H groups in total. The molecular weight excluding hydrogens is 170 g/mol. The molecule has 1 aliphatic rings. The van der Waals surface area contributed by atoms with Gasteiger partial charge in [0.05, 0.1) is 0 Å². The molecule has 0 spiro atoms. The number of nitrogens with zero attached hydrogens (tertiary/aromatic N) is 2. The average Bonchev–Trinajstić information content (AvgIpc) is 2.63. The summed E-state index contributed by atoms with van der Waals surface area (Å²) in [6, 6.07) is 1.98. The van der Waals surface area contributed by atoms with Crippen molar-refractivity contribution in [2.45, 2.75) is 19.4 Å². The summed E-state index contributed by atoms with van der Waals surface area (Å²) >= 11 is 1.52. The molecule has 0 saturated carbocycles. The van der Waals surface area contributed by atoms with Crippen molar-refractivity contribution in [3.8, 4) is 0 Å². The van der Waals surface area contributed by atoms with Crippen molar-refractivity contribution < 1.29 is 0 Å². The van der Waals surface area contributed by atoms with E-state index in [4.69, 9.17) is 5.73 Å². The number of likely N-dealkylation sites (tertiary alicyclic amines) is 1. The minimum Gasteiger partial charge on any atom is -0.383 e. The van der Waals surface area contributed by atoms with E-state index in [1.165, 1.54) is 42.3 Å². The maximum absolute atomic E-state index is 5.53. The van der Waals surface area contributed by atoms with Gasteiger partial charge in [0.2, 0.25) is 0 Å². The van der Waals surface area contributed by atoms with Crippen LogP contribution in [0.5, 0.6) is 0 Å². The Morgan fingerprint density at radius 1 is 1.50 bits per heavy atom. The van der Waals surface area contributed by atoms with Gasteiger partial charge in [-0.3, -0.25) is 4.90 Å². The number of nitrogens with two attached hydrogens (primary N) is 1. The van der Waals surface area contributed by atoms with Crippen LogP contribution in [0, 0.1) is 0 Å². The van der Waals surface area contributed by atoms with Crippen LogP contribution < -0.4 is 5.73 Å². The first kappa shape index (κ1) is 8.01. The third kappa shape index (κ3) is 1.76. The maximum atomic E-state index is 5.53. The number of hydrogen-bond donors (Lipinski definition) is 1. The van der Waals surface area contributed by atoms with Gasteiger partial charge >= 0.3 is 0 Å². The van der Waals surface area contributed by atoms with Crippen molar-refractivity contribution in [3.63, 3.8) is 0 Å². The summed E-state index contributed by atoms with van der Waals surface area (Å²) in [5.74, 6) is 0.661. The molecule has 1 aromatic heterocycles. The van der Waals surface area contributed by atoms with E-state index in [9.17, 15) is 0 Å². The fourth-order valence-corrected chi connectivity index (χ4v) is 2.25. The molecule has 0 aromatic carbocycles. The van der Waals surface area contributed by atoms with E-state index in [0.29, 0.717) is 5.82 Å². The van der Waals surface area contributed by atoms with Gasteiger partial charge < -0.3 is 5.73 Å². The Kier molecular flexibility index (Phi) is 2.28. The molecule has 1 aromatic rings. The van der Waals surface area contributed by atoms with Crippen molar-refractivity contribution in [2.24, 2.45) is 0 Å². The second-order valence-corrected chi connectivity index (χ2v) is 4.09. The standard InChI is InChI=1S/C8H13N3S/c9-8-5-7(12-10-8)6-11-3-1-2-4-11/h5H,1-4,6H2,(H2,9,10). The highest BCUT2D eigenvalue weighted by Crippen LogP contribution is 2.17. The molecule has 0 bridgehead atoms. The lowest BCUT2D eigenvalue weighted by Gasteiger charge is -2.11. The highest BCUT2D eigenvalue weighted by Gasteiger charge is 2.12. The van der Waals surface area contributed by atoms with Gasteiger partial charge in [-0.25, -0.2) is 0 Å². The summed E-state index contributed by atoms with van der Waals surface area (Å²) in [6.45, 7) is 3.50. The van der Waals surface area contributed by atoms with Crippen LogP contribution in [0.15, 0.2) is 6.07 Å². The molecule has 0 aliphatic carbocycles. The third-order valence-electron chi connectivity index (χ3n) is 2.16. The van der Waals surface area contributed by atoms with E-state index in [2.05, 4.69) is 9.27 Å². The van der Waals surface area contributed by atoms with Crippen LogP contribution in [0.1, 0.15) is 17.7 Å². The fraction of sp³-hybridized carbons (Fsp3) is 0.625. The lowest BCUT2D eigenvalue weighted by atomic mass is 10.4. The predicted octanol–water partition coefficient (Wildman–Crippen LogP) is 1.32. The normalized spacial score (nSPS) is 18.7. The first-order valence-electron chi connectivity index (χ1n) is 4.28. The largest absolute Gasteiger partial charge is 0.383 e. The van der Waals surface area contributed by atoms with E-state index < -0.39 is 0 Å². The van der Waals surface area contributed by atoms with Crippen molar-refractivity contribution in [1.82, 2.24) is 9.27 Å². The van der Waals surface area contributed by atoms with E-state index in [1.54, 1.807) is 0 Å². The van der Waals surface area contributed by atoms with Gasteiger partial charge in [0.1, 0.15) is 5.82 Å². The molecule has 0 atom stereocenters. The lowest BCUT2D eigenvalue weighted by Crippen LogP contribution is -2.17. The van der Waals surface area contributed by atoms with Crippen LogP contribution in [0.25, 0.3) is 0 Å². The van der Waals surface area contributed by atoms with Crippen molar-refractivity contribution >= 4 is 17.4 Å². The first-order valence-corrected chi connectivity index (χ1v) is 5.05. The molecule has 3 nitrogen and oxygen atoms in total. The fourth-order valence-electron chi connectivity index (χ4n) is 1.56. The molecule has 0 unspecified atom stereocenters. The molecule has 0 radical (unpaired) electrons. The molecule has 12 heavy (non-hydrogen) atoms. The van der Waals surface area contributed by atoms with Gasteiger partial charge in [0, 0.05) is 11.4 Å². The maximum Gasteiger partial charge on any atom is 0.137 e. The predicted molar refractivity (Wildman–Crippen MR) is 51.0 cm³/mol. The minimum atomic E-state index is 0.661. The molecular formula is C8H13N3S. The Bertz CT molecular complexity index is 253. The Morgan fingerprint density at radius 3 is 2.83 bits per heavy atom. The van der Waals surface area contributed by atoms with Gasteiger partial charge in [0.15, 0.2) is 0 Å². The van der Waals surface area contributed by atoms with Crippen LogP contribution in [0.2, 0.25) is 0 Å². The molecule has 4 heteroatoms. The number of rotatable bonds is 2. The van der Waals surface area contributed by atoms with E-state index >= 15 is 0 Å². The average molecular weight is 183 g/mol. The van der Waals surface area contributed by atoms with Gasteiger partial charge in [-0.1, -0.05) is 0 Å².